The van der Waals surface area contributed by atoms with E-state index in [4.69, 9.17) is 4.74 Å². The van der Waals surface area contributed by atoms with Gasteiger partial charge in [0.1, 0.15) is 11.9 Å². The van der Waals surface area contributed by atoms with Crippen LogP contribution in [0.4, 0.5) is 0 Å². The Morgan fingerprint density at radius 2 is 2.17 bits per heavy atom. The van der Waals surface area contributed by atoms with Crippen molar-refractivity contribution >= 4 is 18.4 Å². The summed E-state index contributed by atoms with van der Waals surface area (Å²) in [4.78, 5) is 4.40. The van der Waals surface area contributed by atoms with Crippen LogP contribution in [0, 0.1) is 0 Å². The van der Waals surface area contributed by atoms with Crippen molar-refractivity contribution < 1.29 is 4.74 Å². The van der Waals surface area contributed by atoms with E-state index in [0.29, 0.717) is 6.10 Å². The van der Waals surface area contributed by atoms with Crippen molar-refractivity contribution in [1.82, 2.24) is 16.0 Å². The number of para-hydroxylation sites is 1. The first-order valence-corrected chi connectivity index (χ1v) is 8.39. The molecule has 0 spiro atoms. The summed E-state index contributed by atoms with van der Waals surface area (Å²) in [7, 11) is 0. The van der Waals surface area contributed by atoms with Crippen molar-refractivity contribution in [2.45, 2.75) is 31.8 Å². The van der Waals surface area contributed by atoms with Gasteiger partial charge in [-0.2, -0.15) is 0 Å². The minimum atomic E-state index is 0. The van der Waals surface area contributed by atoms with Crippen molar-refractivity contribution in [2.75, 3.05) is 32.7 Å². The molecule has 1 atom stereocenters. The number of aryl methyl sites for hydroxylation is 1. The Morgan fingerprint density at radius 1 is 1.26 bits per heavy atom. The molecule has 0 radical (unpaired) electrons. The Balaban J connectivity index is 0.00000192. The van der Waals surface area contributed by atoms with Crippen molar-refractivity contribution in [3.05, 3.63) is 29.8 Å². The standard InChI is InChI=1S/C17H26N4O.ClH/c1-2-6-16-14(5-1)7-8-15(22-16)13-18-9-3-10-19-17-20-11-4-12-21-17;/h1-2,5-6,15,18H,3-4,7-13H2,(H2,19,20,21);1H. The van der Waals surface area contributed by atoms with E-state index in [0.717, 1.165) is 70.1 Å². The quantitative estimate of drug-likeness (QED) is 0.691. The number of aliphatic imine (C=N–C) groups is 1. The van der Waals surface area contributed by atoms with Gasteiger partial charge in [0.05, 0.1) is 0 Å². The molecule has 5 nitrogen and oxygen atoms in total. The minimum absolute atomic E-state index is 0. The van der Waals surface area contributed by atoms with E-state index in [1.54, 1.807) is 0 Å². The zero-order chi connectivity index (χ0) is 15.0. The molecule has 128 valence electrons. The maximum Gasteiger partial charge on any atom is 0.191 e. The summed E-state index contributed by atoms with van der Waals surface area (Å²) >= 11 is 0. The van der Waals surface area contributed by atoms with Gasteiger partial charge in [-0.1, -0.05) is 18.2 Å². The molecule has 1 unspecified atom stereocenters. The topological polar surface area (TPSA) is 57.7 Å². The number of rotatable bonds is 6. The van der Waals surface area contributed by atoms with Gasteiger partial charge in [-0.25, -0.2) is 0 Å². The number of benzene rings is 1. The molecule has 23 heavy (non-hydrogen) atoms. The van der Waals surface area contributed by atoms with Crippen LogP contribution < -0.4 is 20.7 Å². The number of ether oxygens (including phenoxy) is 1. The summed E-state index contributed by atoms with van der Waals surface area (Å²) in [6, 6.07) is 8.36. The Morgan fingerprint density at radius 3 is 3.04 bits per heavy atom. The second-order valence-corrected chi connectivity index (χ2v) is 5.88. The molecule has 0 aromatic heterocycles. The first-order chi connectivity index (χ1) is 10.9. The summed E-state index contributed by atoms with van der Waals surface area (Å²) in [5.74, 6) is 2.02. The number of fused-ring (bicyclic) bond motifs is 1. The normalized spacial score (nSPS) is 19.5. The minimum Gasteiger partial charge on any atom is -0.489 e. The average Bonchev–Trinajstić information content (AvgIpc) is 2.59. The molecule has 0 amide bonds. The van der Waals surface area contributed by atoms with E-state index in [1.165, 1.54) is 5.56 Å². The van der Waals surface area contributed by atoms with E-state index < -0.39 is 0 Å². The third-order valence-corrected chi connectivity index (χ3v) is 4.09. The molecule has 0 bridgehead atoms. The van der Waals surface area contributed by atoms with Crippen LogP contribution in [-0.4, -0.2) is 44.8 Å². The fraction of sp³-hybridized carbons (Fsp3) is 0.588. The number of halogens is 1. The maximum atomic E-state index is 6.03. The summed E-state index contributed by atoms with van der Waals surface area (Å²) in [6.45, 7) is 4.85. The third-order valence-electron chi connectivity index (χ3n) is 4.09. The van der Waals surface area contributed by atoms with Gasteiger partial charge in [0.25, 0.3) is 0 Å². The first kappa shape index (κ1) is 17.9. The third kappa shape index (κ3) is 5.59. The molecule has 3 N–H and O–H groups in total. The Labute approximate surface area is 144 Å². The van der Waals surface area contributed by atoms with Crippen LogP contribution in [0.15, 0.2) is 29.3 Å². The highest BCUT2D eigenvalue weighted by atomic mass is 35.5. The Kier molecular flexibility index (Phi) is 7.49. The van der Waals surface area contributed by atoms with Gasteiger partial charge in [0, 0.05) is 26.2 Å². The molecule has 6 heteroatoms. The van der Waals surface area contributed by atoms with Crippen LogP contribution in [-0.2, 0) is 6.42 Å². The number of nitrogens with zero attached hydrogens (tertiary/aromatic N) is 1. The molecule has 3 rings (SSSR count). The maximum absolute atomic E-state index is 6.03. The van der Waals surface area contributed by atoms with Crippen molar-refractivity contribution in [3.63, 3.8) is 0 Å². The van der Waals surface area contributed by atoms with Crippen LogP contribution in [0.25, 0.3) is 0 Å². The largest absolute Gasteiger partial charge is 0.489 e. The van der Waals surface area contributed by atoms with E-state index in [9.17, 15) is 0 Å². The molecule has 0 saturated carbocycles. The molecule has 0 fully saturated rings. The molecule has 0 saturated heterocycles. The van der Waals surface area contributed by atoms with Crippen LogP contribution in [0.3, 0.4) is 0 Å². The highest BCUT2D eigenvalue weighted by molar-refractivity contribution is 5.85. The lowest BCUT2D eigenvalue weighted by atomic mass is 10.0. The Bertz CT molecular complexity index is 509. The van der Waals surface area contributed by atoms with Gasteiger partial charge in [0.15, 0.2) is 5.96 Å². The van der Waals surface area contributed by atoms with Crippen molar-refractivity contribution in [1.29, 1.82) is 0 Å². The van der Waals surface area contributed by atoms with Gasteiger partial charge in [-0.05, 0) is 43.9 Å². The fourth-order valence-corrected chi connectivity index (χ4v) is 2.86. The predicted octanol–water partition coefficient (Wildman–Crippen LogP) is 1.72. The molecule has 2 aliphatic rings. The fourth-order valence-electron chi connectivity index (χ4n) is 2.86. The lowest BCUT2D eigenvalue weighted by Crippen LogP contribution is -2.42. The molecular weight excluding hydrogens is 312 g/mol. The van der Waals surface area contributed by atoms with Gasteiger partial charge < -0.3 is 20.7 Å². The number of nitrogens with one attached hydrogen (secondary N) is 3. The van der Waals surface area contributed by atoms with E-state index in [2.05, 4.69) is 39.1 Å². The highest BCUT2D eigenvalue weighted by Gasteiger charge is 2.18. The van der Waals surface area contributed by atoms with E-state index in [1.807, 2.05) is 6.07 Å². The van der Waals surface area contributed by atoms with Gasteiger partial charge in [-0.3, -0.25) is 4.99 Å². The second-order valence-electron chi connectivity index (χ2n) is 5.88. The molecular formula is C17H27ClN4O. The molecule has 2 heterocycles. The summed E-state index contributed by atoms with van der Waals surface area (Å²) in [6.07, 6.45) is 4.74. The predicted molar refractivity (Wildman–Crippen MR) is 96.8 cm³/mol. The Hall–Kier alpha value is -1.46. The smallest absolute Gasteiger partial charge is 0.191 e. The number of hydrogen-bond acceptors (Lipinski definition) is 5. The summed E-state index contributed by atoms with van der Waals surface area (Å²) in [5.41, 5.74) is 1.34. The lowest BCUT2D eigenvalue weighted by molar-refractivity contribution is 0.170. The van der Waals surface area contributed by atoms with Crippen LogP contribution in [0.5, 0.6) is 5.75 Å². The van der Waals surface area contributed by atoms with Crippen molar-refractivity contribution in [2.24, 2.45) is 4.99 Å². The van der Waals surface area contributed by atoms with Crippen LogP contribution >= 0.6 is 12.4 Å². The molecule has 1 aromatic carbocycles. The zero-order valence-corrected chi connectivity index (χ0v) is 14.3. The first-order valence-electron chi connectivity index (χ1n) is 8.39. The second kappa shape index (κ2) is 9.63. The molecule has 0 aliphatic carbocycles. The van der Waals surface area contributed by atoms with Gasteiger partial charge in [-0.15, -0.1) is 12.4 Å². The van der Waals surface area contributed by atoms with Crippen molar-refractivity contribution in [3.8, 4) is 5.75 Å². The SMILES string of the molecule is Cl.c1ccc2c(c1)CCC(CNCCCNC1=NCCCN1)O2. The number of guanidine groups is 1. The van der Waals surface area contributed by atoms with Crippen LogP contribution in [0.2, 0.25) is 0 Å². The summed E-state index contributed by atoms with van der Waals surface area (Å²) in [5, 5.41) is 10.1. The zero-order valence-electron chi connectivity index (χ0n) is 13.5. The molecule has 2 aliphatic heterocycles. The van der Waals surface area contributed by atoms with Gasteiger partial charge >= 0.3 is 0 Å². The van der Waals surface area contributed by atoms with Gasteiger partial charge in [0.2, 0.25) is 0 Å². The molecule has 1 aromatic rings. The summed E-state index contributed by atoms with van der Waals surface area (Å²) < 4.78 is 6.03. The van der Waals surface area contributed by atoms with E-state index >= 15 is 0 Å². The number of hydrogen-bond donors (Lipinski definition) is 3. The highest BCUT2D eigenvalue weighted by Crippen LogP contribution is 2.26. The average molecular weight is 339 g/mol. The van der Waals surface area contributed by atoms with Crippen LogP contribution in [0.1, 0.15) is 24.8 Å². The van der Waals surface area contributed by atoms with E-state index in [-0.39, 0.29) is 12.4 Å². The monoisotopic (exact) mass is 338 g/mol. The lowest BCUT2D eigenvalue weighted by Gasteiger charge is -2.26.